The van der Waals surface area contributed by atoms with E-state index in [2.05, 4.69) is 6.92 Å². The van der Waals surface area contributed by atoms with Crippen molar-refractivity contribution in [3.8, 4) is 11.5 Å². The Bertz CT molecular complexity index is 737. The van der Waals surface area contributed by atoms with Crippen LogP contribution in [0.2, 0.25) is 0 Å². The maximum atomic E-state index is 10.9. The molecule has 21 heavy (non-hydrogen) atoms. The highest BCUT2D eigenvalue weighted by atomic mass is 16.3. The highest BCUT2D eigenvalue weighted by Crippen LogP contribution is 2.60. The first kappa shape index (κ1) is 12.7. The zero-order chi connectivity index (χ0) is 14.8. The van der Waals surface area contributed by atoms with Crippen LogP contribution in [0.4, 0.5) is 0 Å². The summed E-state index contributed by atoms with van der Waals surface area (Å²) >= 11 is 0. The van der Waals surface area contributed by atoms with E-state index in [4.69, 9.17) is 0 Å². The molecule has 3 heteroatoms. The summed E-state index contributed by atoms with van der Waals surface area (Å²) in [4.78, 5) is 0. The lowest BCUT2D eigenvalue weighted by atomic mass is 9.73. The van der Waals surface area contributed by atoms with Gasteiger partial charge in [-0.15, -0.1) is 0 Å². The summed E-state index contributed by atoms with van der Waals surface area (Å²) < 4.78 is 0. The van der Waals surface area contributed by atoms with Crippen LogP contribution in [0.5, 0.6) is 11.5 Å². The van der Waals surface area contributed by atoms with Crippen LogP contribution in [0.1, 0.15) is 41.2 Å². The third-order valence-electron chi connectivity index (χ3n) is 5.47. The third-order valence-corrected chi connectivity index (χ3v) is 5.47. The normalized spacial score (nSPS) is 29.6. The van der Waals surface area contributed by atoms with Crippen molar-refractivity contribution >= 4 is 0 Å². The fourth-order valence-corrected chi connectivity index (χ4v) is 4.26. The lowest BCUT2D eigenvalue weighted by Gasteiger charge is -2.32. The molecule has 2 aromatic rings. The van der Waals surface area contributed by atoms with Gasteiger partial charge in [0, 0.05) is 5.41 Å². The van der Waals surface area contributed by atoms with Gasteiger partial charge in [-0.05, 0) is 65.3 Å². The molecule has 0 aliphatic heterocycles. The molecule has 0 amide bonds. The Hall–Kier alpha value is -2.00. The minimum absolute atomic E-state index is 0.171. The first-order chi connectivity index (χ1) is 10.0. The fraction of sp³-hybridized carbons (Fsp3) is 0.333. The maximum absolute atomic E-state index is 10.9. The van der Waals surface area contributed by atoms with E-state index >= 15 is 0 Å². The van der Waals surface area contributed by atoms with Crippen molar-refractivity contribution in [2.24, 2.45) is 5.41 Å². The summed E-state index contributed by atoms with van der Waals surface area (Å²) in [5.74, 6) is 0.697. The first-order valence-corrected chi connectivity index (χ1v) is 7.33. The SMILES string of the molecule is CC1c2cc(O)ccc2C(O)C12Cc1ccc(O)cc1C2. The van der Waals surface area contributed by atoms with E-state index in [0.29, 0.717) is 0 Å². The van der Waals surface area contributed by atoms with Crippen LogP contribution in [0.3, 0.4) is 0 Å². The van der Waals surface area contributed by atoms with Crippen molar-refractivity contribution in [3.05, 3.63) is 58.7 Å². The number of phenolic OH excluding ortho intramolecular Hbond substituents is 2. The minimum atomic E-state index is -0.530. The van der Waals surface area contributed by atoms with E-state index in [0.717, 1.165) is 29.5 Å². The van der Waals surface area contributed by atoms with E-state index in [9.17, 15) is 15.3 Å². The molecule has 3 unspecified atom stereocenters. The summed E-state index contributed by atoms with van der Waals surface area (Å²) in [6.45, 7) is 2.13. The standard InChI is InChI=1S/C18H18O3/c1-10-16-7-14(20)4-5-15(16)17(21)18(10)8-11-2-3-13(19)6-12(11)9-18/h2-7,10,17,19-21H,8-9H2,1H3. The molecular weight excluding hydrogens is 264 g/mol. The summed E-state index contributed by atoms with van der Waals surface area (Å²) in [5, 5.41) is 30.3. The molecule has 2 aromatic carbocycles. The third kappa shape index (κ3) is 1.58. The zero-order valence-corrected chi connectivity index (χ0v) is 11.9. The molecule has 0 bridgehead atoms. The number of benzene rings is 2. The van der Waals surface area contributed by atoms with E-state index in [-0.39, 0.29) is 22.8 Å². The van der Waals surface area contributed by atoms with Crippen LogP contribution in [0.25, 0.3) is 0 Å². The fourth-order valence-electron chi connectivity index (χ4n) is 4.26. The van der Waals surface area contributed by atoms with Gasteiger partial charge in [-0.2, -0.15) is 0 Å². The zero-order valence-electron chi connectivity index (χ0n) is 11.9. The molecule has 2 aliphatic rings. The van der Waals surface area contributed by atoms with Crippen LogP contribution < -0.4 is 0 Å². The number of fused-ring (bicyclic) bond motifs is 2. The van der Waals surface area contributed by atoms with Gasteiger partial charge in [0.15, 0.2) is 0 Å². The van der Waals surface area contributed by atoms with Gasteiger partial charge >= 0.3 is 0 Å². The molecule has 3 atom stereocenters. The van der Waals surface area contributed by atoms with Gasteiger partial charge in [0.05, 0.1) is 6.10 Å². The Labute approximate surface area is 123 Å². The lowest BCUT2D eigenvalue weighted by Crippen LogP contribution is -2.29. The second kappa shape index (κ2) is 4.01. The van der Waals surface area contributed by atoms with Crippen molar-refractivity contribution < 1.29 is 15.3 Å². The van der Waals surface area contributed by atoms with Gasteiger partial charge in [0.2, 0.25) is 0 Å². The van der Waals surface area contributed by atoms with E-state index in [1.807, 2.05) is 18.2 Å². The van der Waals surface area contributed by atoms with Gasteiger partial charge in [-0.1, -0.05) is 19.1 Å². The van der Waals surface area contributed by atoms with Crippen LogP contribution in [0.15, 0.2) is 36.4 Å². The molecule has 0 aromatic heterocycles. The molecule has 108 valence electrons. The van der Waals surface area contributed by atoms with Crippen LogP contribution in [-0.4, -0.2) is 15.3 Å². The molecule has 3 N–H and O–H groups in total. The Kier molecular flexibility index (Phi) is 2.43. The topological polar surface area (TPSA) is 60.7 Å². The van der Waals surface area contributed by atoms with Gasteiger partial charge in [-0.3, -0.25) is 0 Å². The summed E-state index contributed by atoms with van der Waals surface area (Å²) in [6, 6.07) is 10.7. The van der Waals surface area contributed by atoms with E-state index < -0.39 is 6.10 Å². The highest BCUT2D eigenvalue weighted by Gasteiger charge is 2.53. The molecule has 0 heterocycles. The molecule has 3 nitrogen and oxygen atoms in total. The van der Waals surface area contributed by atoms with Gasteiger partial charge in [0.1, 0.15) is 11.5 Å². The number of aliphatic hydroxyl groups is 1. The molecule has 2 aliphatic carbocycles. The summed E-state index contributed by atoms with van der Waals surface area (Å²) in [6.07, 6.45) is 1.03. The highest BCUT2D eigenvalue weighted by molar-refractivity contribution is 5.50. The van der Waals surface area contributed by atoms with Crippen LogP contribution in [-0.2, 0) is 12.8 Å². The first-order valence-electron chi connectivity index (χ1n) is 7.33. The van der Waals surface area contributed by atoms with Crippen LogP contribution >= 0.6 is 0 Å². The number of phenols is 2. The van der Waals surface area contributed by atoms with Crippen molar-refractivity contribution in [2.75, 3.05) is 0 Å². The number of aliphatic hydroxyl groups excluding tert-OH is 1. The second-order valence-corrected chi connectivity index (χ2v) is 6.48. The Morgan fingerprint density at radius 2 is 1.57 bits per heavy atom. The summed E-state index contributed by atoms with van der Waals surface area (Å²) in [5.41, 5.74) is 4.04. The average molecular weight is 282 g/mol. The molecule has 1 spiro atoms. The molecule has 0 fully saturated rings. The van der Waals surface area contributed by atoms with Crippen molar-refractivity contribution in [1.29, 1.82) is 0 Å². The van der Waals surface area contributed by atoms with E-state index in [1.165, 1.54) is 5.56 Å². The number of hydrogen-bond donors (Lipinski definition) is 3. The van der Waals surface area contributed by atoms with Crippen LogP contribution in [0, 0.1) is 5.41 Å². The van der Waals surface area contributed by atoms with Gasteiger partial charge < -0.3 is 15.3 Å². The average Bonchev–Trinajstić information content (AvgIpc) is 2.92. The second-order valence-electron chi connectivity index (χ2n) is 6.48. The largest absolute Gasteiger partial charge is 0.508 e. The Morgan fingerprint density at radius 1 is 0.905 bits per heavy atom. The monoisotopic (exact) mass is 282 g/mol. The summed E-state index contributed by atoms with van der Waals surface area (Å²) in [7, 11) is 0. The predicted molar refractivity (Wildman–Crippen MR) is 79.4 cm³/mol. The van der Waals surface area contributed by atoms with Crippen molar-refractivity contribution in [2.45, 2.75) is 31.8 Å². The lowest BCUT2D eigenvalue weighted by molar-refractivity contribution is 0.0314. The van der Waals surface area contributed by atoms with Gasteiger partial charge in [0.25, 0.3) is 0 Å². The number of rotatable bonds is 0. The molecule has 0 saturated carbocycles. The molecule has 0 radical (unpaired) electrons. The Balaban J connectivity index is 1.82. The van der Waals surface area contributed by atoms with E-state index in [1.54, 1.807) is 18.2 Å². The smallest absolute Gasteiger partial charge is 0.115 e. The molecular formula is C18H18O3. The molecule has 0 saturated heterocycles. The van der Waals surface area contributed by atoms with Crippen molar-refractivity contribution in [1.82, 2.24) is 0 Å². The van der Waals surface area contributed by atoms with Crippen molar-refractivity contribution in [3.63, 3.8) is 0 Å². The maximum Gasteiger partial charge on any atom is 0.115 e. The number of hydrogen-bond acceptors (Lipinski definition) is 3. The Morgan fingerprint density at radius 3 is 2.38 bits per heavy atom. The minimum Gasteiger partial charge on any atom is -0.508 e. The quantitative estimate of drug-likeness (QED) is 0.696. The number of aromatic hydroxyl groups is 2. The predicted octanol–water partition coefficient (Wildman–Crippen LogP) is 3.03. The molecule has 4 rings (SSSR count). The van der Waals surface area contributed by atoms with Gasteiger partial charge in [-0.25, -0.2) is 0 Å².